The minimum Gasteiger partial charge on any atom is -0.497 e. The van der Waals surface area contributed by atoms with E-state index in [1.807, 2.05) is 30.3 Å². The zero-order chi connectivity index (χ0) is 22.9. The summed E-state index contributed by atoms with van der Waals surface area (Å²) in [6, 6.07) is 15.7. The van der Waals surface area contributed by atoms with Crippen LogP contribution >= 0.6 is 11.3 Å². The van der Waals surface area contributed by atoms with Crippen molar-refractivity contribution in [3.05, 3.63) is 71.2 Å². The van der Waals surface area contributed by atoms with E-state index in [0.29, 0.717) is 27.8 Å². The van der Waals surface area contributed by atoms with Crippen molar-refractivity contribution in [1.29, 1.82) is 0 Å². The van der Waals surface area contributed by atoms with E-state index < -0.39 is 11.6 Å². The van der Waals surface area contributed by atoms with E-state index in [1.54, 1.807) is 43.7 Å². The predicted molar refractivity (Wildman–Crippen MR) is 121 cm³/mol. The Morgan fingerprint density at radius 1 is 1.16 bits per heavy atom. The highest BCUT2D eigenvalue weighted by Gasteiger charge is 2.49. The second-order valence-electron chi connectivity index (χ2n) is 7.49. The quantitative estimate of drug-likeness (QED) is 0.577. The number of carbonyl (C=O) groups excluding carboxylic acids is 3. The zero-order valence-corrected chi connectivity index (χ0v) is 18.7. The van der Waals surface area contributed by atoms with Crippen molar-refractivity contribution in [2.24, 2.45) is 0 Å². The fraction of sp³-hybridized carbons (Fsp3) is 0.217. The van der Waals surface area contributed by atoms with Gasteiger partial charge in [0.25, 0.3) is 5.91 Å². The van der Waals surface area contributed by atoms with Crippen molar-refractivity contribution < 1.29 is 19.1 Å². The van der Waals surface area contributed by atoms with Crippen molar-refractivity contribution in [2.45, 2.75) is 25.9 Å². The van der Waals surface area contributed by atoms with E-state index >= 15 is 0 Å². The molecule has 0 spiro atoms. The van der Waals surface area contributed by atoms with Crippen molar-refractivity contribution in [3.8, 4) is 5.75 Å². The molecule has 0 bridgehead atoms. The summed E-state index contributed by atoms with van der Waals surface area (Å²) in [5.41, 5.74) is 0.695. The van der Waals surface area contributed by atoms with E-state index in [4.69, 9.17) is 4.74 Å². The van der Waals surface area contributed by atoms with Crippen LogP contribution < -0.4 is 15.0 Å². The molecule has 1 N–H and O–H groups in total. The average molecular weight is 451 g/mol. The number of imide groups is 1. The molecular formula is C23H22N4O4S. The fourth-order valence-corrected chi connectivity index (χ4v) is 4.48. The minimum atomic E-state index is -1.18. The summed E-state index contributed by atoms with van der Waals surface area (Å²) in [6.07, 6.45) is 0. The maximum absolute atomic E-state index is 13.2. The molecule has 1 aromatic heterocycles. The molecule has 0 aliphatic carbocycles. The van der Waals surface area contributed by atoms with Crippen LogP contribution in [-0.4, -0.2) is 34.8 Å². The Labute approximate surface area is 189 Å². The molecule has 9 heteroatoms. The summed E-state index contributed by atoms with van der Waals surface area (Å²) in [5.74, 6) is 0.113. The number of methoxy groups -OCH3 is 1. The second kappa shape index (κ2) is 8.43. The van der Waals surface area contributed by atoms with Gasteiger partial charge in [-0.2, -0.15) is 0 Å². The number of rotatable bonds is 6. The maximum atomic E-state index is 13.2. The number of ether oxygens (including phenoxy) is 1. The Bertz CT molecular complexity index is 1160. The summed E-state index contributed by atoms with van der Waals surface area (Å²) in [4.78, 5) is 45.2. The van der Waals surface area contributed by atoms with Gasteiger partial charge in [0.15, 0.2) is 5.13 Å². The number of hydrogen-bond donors (Lipinski definition) is 1. The Morgan fingerprint density at radius 3 is 2.47 bits per heavy atom. The molecule has 1 aliphatic heterocycles. The summed E-state index contributed by atoms with van der Waals surface area (Å²) >= 11 is 1.28. The largest absolute Gasteiger partial charge is 0.497 e. The highest BCUT2D eigenvalue weighted by atomic mass is 32.1. The molecule has 32 heavy (non-hydrogen) atoms. The molecule has 2 heterocycles. The van der Waals surface area contributed by atoms with Gasteiger partial charge in [-0.15, -0.1) is 11.3 Å². The monoisotopic (exact) mass is 450 g/mol. The SMILES string of the molecule is COc1ccc(C2(C)NC(=O)N(Cc3csc(N(C(C)=O)c4ccccc4)n3)C2=O)cc1. The lowest BCUT2D eigenvalue weighted by molar-refractivity contribution is -0.131. The molecule has 164 valence electrons. The van der Waals surface area contributed by atoms with Crippen molar-refractivity contribution >= 4 is 40.0 Å². The molecule has 0 saturated carbocycles. The number of urea groups is 1. The molecule has 4 rings (SSSR count). The van der Waals surface area contributed by atoms with Crippen LogP contribution in [0.15, 0.2) is 60.0 Å². The number of carbonyl (C=O) groups is 3. The number of amides is 4. The van der Waals surface area contributed by atoms with Gasteiger partial charge in [-0.25, -0.2) is 9.78 Å². The van der Waals surface area contributed by atoms with Crippen LogP contribution in [0.25, 0.3) is 0 Å². The third-order valence-corrected chi connectivity index (χ3v) is 6.20. The lowest BCUT2D eigenvalue weighted by Crippen LogP contribution is -2.40. The van der Waals surface area contributed by atoms with Gasteiger partial charge in [0.2, 0.25) is 5.91 Å². The third kappa shape index (κ3) is 3.82. The Balaban J connectivity index is 1.56. The first-order valence-corrected chi connectivity index (χ1v) is 10.8. The number of para-hydroxylation sites is 1. The smallest absolute Gasteiger partial charge is 0.325 e. The highest BCUT2D eigenvalue weighted by Crippen LogP contribution is 2.33. The van der Waals surface area contributed by atoms with E-state index in [2.05, 4.69) is 10.3 Å². The molecular weight excluding hydrogens is 428 g/mol. The molecule has 1 fully saturated rings. The number of benzene rings is 2. The fourth-order valence-electron chi connectivity index (χ4n) is 3.60. The van der Waals surface area contributed by atoms with Crippen molar-refractivity contribution in [2.75, 3.05) is 12.0 Å². The Morgan fingerprint density at radius 2 is 1.84 bits per heavy atom. The lowest BCUT2D eigenvalue weighted by Gasteiger charge is -2.22. The lowest BCUT2D eigenvalue weighted by atomic mass is 9.92. The molecule has 1 aliphatic rings. The molecule has 0 radical (unpaired) electrons. The molecule has 2 aromatic carbocycles. The zero-order valence-electron chi connectivity index (χ0n) is 17.9. The van der Waals surface area contributed by atoms with Crippen LogP contribution in [0.5, 0.6) is 5.75 Å². The summed E-state index contributed by atoms with van der Waals surface area (Å²) in [7, 11) is 1.56. The van der Waals surface area contributed by atoms with Crippen molar-refractivity contribution in [1.82, 2.24) is 15.2 Å². The second-order valence-corrected chi connectivity index (χ2v) is 8.32. The number of nitrogens with one attached hydrogen (secondary N) is 1. The Hall–Kier alpha value is -3.72. The van der Waals surface area contributed by atoms with Crippen LogP contribution in [0, 0.1) is 0 Å². The molecule has 1 saturated heterocycles. The first kappa shape index (κ1) is 21.5. The highest BCUT2D eigenvalue weighted by molar-refractivity contribution is 7.14. The molecule has 4 amide bonds. The maximum Gasteiger partial charge on any atom is 0.325 e. The topological polar surface area (TPSA) is 91.8 Å². The van der Waals surface area contributed by atoms with E-state index in [9.17, 15) is 14.4 Å². The predicted octanol–water partition coefficient (Wildman–Crippen LogP) is 3.80. The number of nitrogens with zero attached hydrogens (tertiary/aromatic N) is 3. The van der Waals surface area contributed by atoms with Gasteiger partial charge >= 0.3 is 6.03 Å². The first-order valence-electron chi connectivity index (χ1n) is 9.92. The summed E-state index contributed by atoms with van der Waals surface area (Å²) in [5, 5.41) is 5.01. The van der Waals surface area contributed by atoms with Gasteiger partial charge in [0.1, 0.15) is 11.3 Å². The summed E-state index contributed by atoms with van der Waals surface area (Å²) < 4.78 is 5.17. The van der Waals surface area contributed by atoms with Crippen LogP contribution in [0.1, 0.15) is 25.1 Å². The first-order chi connectivity index (χ1) is 15.3. The molecule has 1 atom stereocenters. The number of anilines is 2. The number of hydrogen-bond acceptors (Lipinski definition) is 6. The molecule has 8 nitrogen and oxygen atoms in total. The number of thiazole rings is 1. The molecule has 1 unspecified atom stereocenters. The Kier molecular flexibility index (Phi) is 5.67. The van der Waals surface area contributed by atoms with Gasteiger partial charge in [0, 0.05) is 12.3 Å². The minimum absolute atomic E-state index is 0.00739. The normalized spacial score (nSPS) is 17.9. The van der Waals surface area contributed by atoms with Crippen LogP contribution in [0.3, 0.4) is 0 Å². The van der Waals surface area contributed by atoms with Gasteiger partial charge in [-0.05, 0) is 36.8 Å². The van der Waals surface area contributed by atoms with Gasteiger partial charge in [0.05, 0.1) is 25.0 Å². The average Bonchev–Trinajstić information content (AvgIpc) is 3.33. The van der Waals surface area contributed by atoms with E-state index in [-0.39, 0.29) is 18.4 Å². The van der Waals surface area contributed by atoms with E-state index in [0.717, 1.165) is 4.90 Å². The van der Waals surface area contributed by atoms with Gasteiger partial charge in [-0.1, -0.05) is 30.3 Å². The van der Waals surface area contributed by atoms with Crippen LogP contribution in [0.4, 0.5) is 15.6 Å². The number of aromatic nitrogens is 1. The third-order valence-electron chi connectivity index (χ3n) is 5.32. The van der Waals surface area contributed by atoms with Gasteiger partial charge in [-0.3, -0.25) is 19.4 Å². The van der Waals surface area contributed by atoms with Gasteiger partial charge < -0.3 is 10.1 Å². The standard InChI is InChI=1S/C23H22N4O4S/c1-15(28)27(18-7-5-4-6-8-18)22-24-17(14-32-22)13-26-20(29)23(2,25-21(26)30)16-9-11-19(31-3)12-10-16/h4-12,14H,13H2,1-3H3,(H,25,30). The van der Waals surface area contributed by atoms with Crippen LogP contribution in [-0.2, 0) is 21.7 Å². The van der Waals surface area contributed by atoms with Crippen LogP contribution in [0.2, 0.25) is 0 Å². The molecule has 3 aromatic rings. The summed E-state index contributed by atoms with van der Waals surface area (Å²) in [6.45, 7) is 3.15. The van der Waals surface area contributed by atoms with Crippen molar-refractivity contribution in [3.63, 3.8) is 0 Å². The van der Waals surface area contributed by atoms with E-state index in [1.165, 1.54) is 23.2 Å².